The van der Waals surface area contributed by atoms with E-state index in [4.69, 9.17) is 47.9 Å². The second-order valence-corrected chi connectivity index (χ2v) is 20.8. The Balaban J connectivity index is 1.73. The van der Waals surface area contributed by atoms with Crippen molar-refractivity contribution in [3.8, 4) is 0 Å². The number of cyclic esters (lactones) is 1. The number of nitrogens with zero attached hydrogens (tertiary/aromatic N) is 2. The number of esters is 2. The Bertz CT molecular complexity index is 1590. The van der Waals surface area contributed by atoms with Crippen molar-refractivity contribution in [1.29, 1.82) is 0 Å². The third-order valence-corrected chi connectivity index (χ3v) is 14.8. The summed E-state index contributed by atoms with van der Waals surface area (Å²) >= 11 is 0. The summed E-state index contributed by atoms with van der Waals surface area (Å²) in [5.41, 5.74) is -4.78. The van der Waals surface area contributed by atoms with E-state index in [0.717, 1.165) is 19.3 Å². The van der Waals surface area contributed by atoms with E-state index in [1.807, 2.05) is 46.7 Å². The number of likely N-dealkylation sites (N-methyl/N-ethyl adjacent to an activating group) is 1. The van der Waals surface area contributed by atoms with Crippen LogP contribution in [-0.2, 0) is 52.3 Å². The molecule has 64 heavy (non-hydrogen) atoms. The highest BCUT2D eigenvalue weighted by molar-refractivity contribution is 5.92. The average Bonchev–Trinajstić information content (AvgIpc) is 3.21. The van der Waals surface area contributed by atoms with Crippen molar-refractivity contribution in [3.63, 3.8) is 0 Å². The minimum Gasteiger partial charge on any atom is -0.459 e. The highest BCUT2D eigenvalue weighted by Gasteiger charge is 2.55. The number of hydrogen-bond donors (Lipinski definition) is 4. The van der Waals surface area contributed by atoms with Gasteiger partial charge in [0.15, 0.2) is 18.7 Å². The van der Waals surface area contributed by atoms with Gasteiger partial charge in [-0.1, -0.05) is 32.3 Å². The molecule has 5 rings (SSSR count). The van der Waals surface area contributed by atoms with Gasteiger partial charge in [0, 0.05) is 44.1 Å². The van der Waals surface area contributed by atoms with E-state index in [-0.39, 0.29) is 49.6 Å². The molecule has 17 nitrogen and oxygen atoms in total. The maximum absolute atomic E-state index is 14.6. The fourth-order valence-electron chi connectivity index (χ4n) is 11.0. The van der Waals surface area contributed by atoms with Crippen LogP contribution in [0.1, 0.15) is 140 Å². The first kappa shape index (κ1) is 52.9. The monoisotopic (exact) mass is 915 g/mol. The third-order valence-electron chi connectivity index (χ3n) is 14.8. The number of carbonyl (C=O) groups excluding carboxylic acids is 2. The second-order valence-electron chi connectivity index (χ2n) is 20.8. The number of hydrogen-bond acceptors (Lipinski definition) is 17. The van der Waals surface area contributed by atoms with Crippen LogP contribution in [0.3, 0.4) is 0 Å². The van der Waals surface area contributed by atoms with Gasteiger partial charge in [0.05, 0.1) is 71.9 Å². The second kappa shape index (κ2) is 21.1. The van der Waals surface area contributed by atoms with Crippen LogP contribution in [0.2, 0.25) is 0 Å². The van der Waals surface area contributed by atoms with E-state index in [1.165, 1.54) is 14.0 Å². The molecule has 1 aliphatic carbocycles. The molecule has 18 atom stereocenters. The van der Waals surface area contributed by atoms with Crippen molar-refractivity contribution in [2.45, 2.75) is 237 Å². The number of fused-ring (bicyclic) bond motifs is 4. The van der Waals surface area contributed by atoms with Gasteiger partial charge in [0.2, 0.25) is 5.79 Å². The van der Waals surface area contributed by atoms with Crippen LogP contribution in [0, 0.1) is 23.7 Å². The quantitative estimate of drug-likeness (QED) is 0.141. The molecule has 0 spiro atoms. The van der Waals surface area contributed by atoms with Gasteiger partial charge in [0.1, 0.15) is 17.8 Å². The maximum Gasteiger partial charge on any atom is 0.311 e. The Kier molecular flexibility index (Phi) is 17.4. The fraction of sp³-hybridized carbons (Fsp3) is 0.936. The molecule has 0 aromatic rings. The summed E-state index contributed by atoms with van der Waals surface area (Å²) in [6, 6.07) is -0.351. The van der Waals surface area contributed by atoms with Gasteiger partial charge in [-0.15, -0.1) is 0 Å². The number of aliphatic hydroxyl groups excluding tert-OH is 2. The van der Waals surface area contributed by atoms with Gasteiger partial charge in [0.25, 0.3) is 0 Å². The van der Waals surface area contributed by atoms with Crippen LogP contribution in [0.25, 0.3) is 0 Å². The zero-order valence-corrected chi connectivity index (χ0v) is 41.0. The Hall–Kier alpha value is -2.03. The Morgan fingerprint density at radius 1 is 0.891 bits per heavy atom. The number of aliphatic hydroxyl groups is 4. The molecule has 4 heterocycles. The molecule has 4 saturated heterocycles. The number of ether oxygens (including phenoxy) is 8. The minimum absolute atomic E-state index is 0.0913. The van der Waals surface area contributed by atoms with Crippen LogP contribution in [0.4, 0.5) is 0 Å². The molecule has 17 heteroatoms. The van der Waals surface area contributed by atoms with Crippen LogP contribution in [0.15, 0.2) is 5.16 Å². The normalized spacial score (nSPS) is 45.9. The van der Waals surface area contributed by atoms with E-state index in [1.54, 1.807) is 41.5 Å². The summed E-state index contributed by atoms with van der Waals surface area (Å²) in [7, 11) is 5.27. The Morgan fingerprint density at radius 3 is 2.14 bits per heavy atom. The molecule has 0 radical (unpaired) electrons. The summed E-state index contributed by atoms with van der Waals surface area (Å²) in [4.78, 5) is 37.4. The molecule has 5 fully saturated rings. The van der Waals surface area contributed by atoms with Gasteiger partial charge in [-0.3, -0.25) is 9.59 Å². The SMILES string of the molecule is CC[C@H]1OC(=O)[C@H](C)[C@@H](OC2C[C@@](C)(OC)[C@@H](O)[C@H](C)O2)[C@H](C)[C@H]2OC3O[C@H](C)C[C@H](N(C)C)[C@H]3OC(=O)C[C@H](C[C@@]2(C)O)/C(=N\OC2(OC(C)C)CCCCC2)[C@H](C)[C@@H](O)[C@]1(C)O. The van der Waals surface area contributed by atoms with E-state index in [2.05, 4.69) is 0 Å². The molecule has 2 bridgehead atoms. The highest BCUT2D eigenvalue weighted by atomic mass is 16.8. The standard InChI is InChI=1S/C47H82N2O15/c1-15-33-46(11,55)39(51)27(5)36(48-64-47(63-25(2)3)19-17-16-18-20-47)31-22-34(50)60-38-32(49(12)13)21-26(4)57-43(38)62-41(44(9,54)23-31)28(6)37(29(7)42(53)59-33)61-35-24-45(10,56-14)40(52)30(8)58-35/h25-33,35,37-41,43,51-52,54-55H,15-24H2,1-14H3/b48-36-/t26-,27+,28+,29-,30+,31-,32+,33-,35?,37+,38-,39-,40+,41-,43?,44-,45-,46-/m1/s1. The molecule has 0 aromatic heterocycles. The average molecular weight is 915 g/mol. The summed E-state index contributed by atoms with van der Waals surface area (Å²) in [6.45, 7) is 19.1. The lowest BCUT2D eigenvalue weighted by Gasteiger charge is -2.50. The van der Waals surface area contributed by atoms with Crippen molar-refractivity contribution in [1.82, 2.24) is 4.90 Å². The van der Waals surface area contributed by atoms with Crippen LogP contribution in [-0.4, -0.2) is 160 Å². The van der Waals surface area contributed by atoms with Crippen molar-refractivity contribution < 1.29 is 72.7 Å². The molecule has 5 aliphatic rings. The molecule has 2 unspecified atom stereocenters. The van der Waals surface area contributed by atoms with Gasteiger partial charge < -0.3 is 68.1 Å². The van der Waals surface area contributed by atoms with E-state index in [9.17, 15) is 30.0 Å². The van der Waals surface area contributed by atoms with E-state index in [0.29, 0.717) is 19.3 Å². The Morgan fingerprint density at radius 2 is 1.55 bits per heavy atom. The van der Waals surface area contributed by atoms with Crippen LogP contribution >= 0.6 is 0 Å². The first-order chi connectivity index (χ1) is 29.8. The van der Waals surface area contributed by atoms with E-state index < -0.39 is 114 Å². The minimum atomic E-state index is -2.06. The molecule has 4 N–H and O–H groups in total. The molecule has 0 aromatic carbocycles. The number of oxime groups is 1. The zero-order chi connectivity index (χ0) is 47.7. The summed E-state index contributed by atoms with van der Waals surface area (Å²) < 4.78 is 51.2. The maximum atomic E-state index is 14.6. The third kappa shape index (κ3) is 11.6. The molecular formula is C47H82N2O15. The zero-order valence-electron chi connectivity index (χ0n) is 41.0. The summed E-state index contributed by atoms with van der Waals surface area (Å²) in [5, 5.41) is 53.7. The molecule has 0 amide bonds. The Labute approximate surface area is 381 Å². The first-order valence-electron chi connectivity index (χ1n) is 23.8. The smallest absolute Gasteiger partial charge is 0.311 e. The number of rotatable bonds is 9. The van der Waals surface area contributed by atoms with Gasteiger partial charge >= 0.3 is 11.9 Å². The number of methoxy groups -OCH3 is 1. The van der Waals surface area contributed by atoms with Gasteiger partial charge in [-0.25, -0.2) is 0 Å². The fourth-order valence-corrected chi connectivity index (χ4v) is 11.0. The predicted molar refractivity (Wildman–Crippen MR) is 235 cm³/mol. The van der Waals surface area contributed by atoms with Crippen molar-refractivity contribution >= 4 is 17.7 Å². The van der Waals surface area contributed by atoms with Crippen LogP contribution < -0.4 is 0 Å². The summed E-state index contributed by atoms with van der Waals surface area (Å²) in [5.74, 6) is -6.33. The summed E-state index contributed by atoms with van der Waals surface area (Å²) in [6.07, 6.45) is -6.41. The van der Waals surface area contributed by atoms with Crippen molar-refractivity contribution in [2.75, 3.05) is 21.2 Å². The first-order valence-corrected chi connectivity index (χ1v) is 23.8. The van der Waals surface area contributed by atoms with Crippen LogP contribution in [0.5, 0.6) is 0 Å². The molecule has 1 saturated carbocycles. The van der Waals surface area contributed by atoms with Crippen molar-refractivity contribution in [2.24, 2.45) is 28.8 Å². The number of carbonyl (C=O) groups is 2. The van der Waals surface area contributed by atoms with Crippen molar-refractivity contribution in [3.05, 3.63) is 0 Å². The van der Waals surface area contributed by atoms with E-state index >= 15 is 0 Å². The lowest BCUT2D eigenvalue weighted by molar-refractivity contribution is -0.320. The lowest BCUT2D eigenvalue weighted by atomic mass is 9.72. The molecule has 4 aliphatic heterocycles. The largest absolute Gasteiger partial charge is 0.459 e. The predicted octanol–water partition coefficient (Wildman–Crippen LogP) is 4.61. The molecule has 370 valence electrons. The highest BCUT2D eigenvalue weighted by Crippen LogP contribution is 2.43. The molecular weight excluding hydrogens is 833 g/mol. The lowest BCUT2D eigenvalue weighted by Crippen LogP contribution is -2.62. The van der Waals surface area contributed by atoms with Gasteiger partial charge in [-0.05, 0) is 102 Å². The van der Waals surface area contributed by atoms with Gasteiger partial charge in [-0.2, -0.15) is 0 Å². The topological polar surface area (TPSA) is 214 Å².